The van der Waals surface area contributed by atoms with E-state index in [1.807, 2.05) is 24.3 Å². The monoisotopic (exact) mass is 349 g/mol. The zero-order chi connectivity index (χ0) is 17.7. The van der Waals surface area contributed by atoms with E-state index in [2.05, 4.69) is 12.1 Å². The number of nitrogens with one attached hydrogen (secondary N) is 1. The summed E-state index contributed by atoms with van der Waals surface area (Å²) in [7, 11) is 1.67. The molecule has 132 valence electrons. The highest BCUT2D eigenvalue weighted by Crippen LogP contribution is 2.47. The van der Waals surface area contributed by atoms with Crippen LogP contribution in [-0.2, 0) is 11.2 Å². The van der Waals surface area contributed by atoms with Crippen molar-refractivity contribution in [1.29, 1.82) is 5.41 Å². The van der Waals surface area contributed by atoms with Gasteiger partial charge >= 0.3 is 0 Å². The maximum Gasteiger partial charge on any atom is 0.231 e. The maximum atomic E-state index is 8.24. The zero-order valence-electron chi connectivity index (χ0n) is 14.5. The third kappa shape index (κ3) is 2.35. The van der Waals surface area contributed by atoms with Crippen LogP contribution in [0, 0.1) is 5.41 Å². The van der Waals surface area contributed by atoms with Gasteiger partial charge in [-0.3, -0.25) is 5.41 Å². The van der Waals surface area contributed by atoms with Crippen molar-refractivity contribution >= 4 is 11.7 Å². The van der Waals surface area contributed by atoms with E-state index in [1.54, 1.807) is 7.11 Å². The summed E-state index contributed by atoms with van der Waals surface area (Å²) in [5.41, 5.74) is 4.67. The summed E-state index contributed by atoms with van der Waals surface area (Å²) in [6.45, 7) is 0.267. The van der Waals surface area contributed by atoms with Crippen molar-refractivity contribution in [1.82, 2.24) is 0 Å². The molecule has 5 rings (SSSR count). The fourth-order valence-electron chi connectivity index (χ4n) is 4.04. The van der Waals surface area contributed by atoms with Crippen LogP contribution in [0.25, 0.3) is 5.76 Å². The average Bonchev–Trinajstić information content (AvgIpc) is 3.14. The largest absolute Gasteiger partial charge is 0.497 e. The lowest BCUT2D eigenvalue weighted by Crippen LogP contribution is -2.23. The molecule has 2 heterocycles. The molecule has 1 atom stereocenters. The second-order valence-corrected chi connectivity index (χ2v) is 6.77. The molecule has 2 aliphatic heterocycles. The summed E-state index contributed by atoms with van der Waals surface area (Å²) in [4.78, 5) is 0. The minimum atomic E-state index is 0.125. The van der Waals surface area contributed by atoms with E-state index in [9.17, 15) is 0 Å². The molecule has 5 nitrogen and oxygen atoms in total. The maximum absolute atomic E-state index is 8.24. The first-order chi connectivity index (χ1) is 12.7. The van der Waals surface area contributed by atoms with E-state index in [0.29, 0.717) is 12.3 Å². The molecule has 2 aromatic carbocycles. The van der Waals surface area contributed by atoms with Gasteiger partial charge in [0.25, 0.3) is 0 Å². The number of benzene rings is 2. The van der Waals surface area contributed by atoms with E-state index in [0.717, 1.165) is 47.0 Å². The average molecular weight is 349 g/mol. The van der Waals surface area contributed by atoms with Crippen LogP contribution in [0.4, 0.5) is 0 Å². The van der Waals surface area contributed by atoms with E-state index in [4.69, 9.17) is 24.4 Å². The smallest absolute Gasteiger partial charge is 0.231 e. The van der Waals surface area contributed by atoms with Crippen molar-refractivity contribution in [2.24, 2.45) is 0 Å². The number of ether oxygens (including phenoxy) is 4. The first-order valence-electron chi connectivity index (χ1n) is 8.78. The van der Waals surface area contributed by atoms with Gasteiger partial charge in [-0.05, 0) is 53.8 Å². The highest BCUT2D eigenvalue weighted by atomic mass is 16.7. The molecule has 0 aromatic heterocycles. The van der Waals surface area contributed by atoms with Crippen molar-refractivity contribution in [3.63, 3.8) is 0 Å². The predicted octanol–water partition coefficient (Wildman–Crippen LogP) is 4.26. The summed E-state index contributed by atoms with van der Waals surface area (Å²) < 4.78 is 22.3. The lowest BCUT2D eigenvalue weighted by molar-refractivity contribution is 0.174. The topological polar surface area (TPSA) is 60.8 Å². The van der Waals surface area contributed by atoms with Crippen LogP contribution in [0.3, 0.4) is 0 Å². The molecule has 1 unspecified atom stereocenters. The number of aryl methyl sites for hydroxylation is 1. The number of hydrogen-bond donors (Lipinski definition) is 1. The molecule has 3 aliphatic rings. The van der Waals surface area contributed by atoms with Crippen molar-refractivity contribution in [2.75, 3.05) is 13.9 Å². The lowest BCUT2D eigenvalue weighted by atomic mass is 9.78. The Balaban J connectivity index is 1.62. The fourth-order valence-corrected chi connectivity index (χ4v) is 4.04. The van der Waals surface area contributed by atoms with Crippen molar-refractivity contribution in [3.8, 4) is 17.2 Å². The number of methoxy groups -OCH3 is 1. The van der Waals surface area contributed by atoms with Crippen LogP contribution >= 0.6 is 0 Å². The first-order valence-corrected chi connectivity index (χ1v) is 8.78. The van der Waals surface area contributed by atoms with Gasteiger partial charge in [0.2, 0.25) is 6.79 Å². The van der Waals surface area contributed by atoms with Gasteiger partial charge in [-0.15, -0.1) is 0 Å². The Morgan fingerprint density at radius 1 is 1.04 bits per heavy atom. The number of allylic oxidation sites excluding steroid dienone is 1. The molecule has 0 fully saturated rings. The minimum absolute atomic E-state index is 0.125. The second-order valence-electron chi connectivity index (χ2n) is 6.77. The molecule has 5 heteroatoms. The van der Waals surface area contributed by atoms with Gasteiger partial charge in [0, 0.05) is 17.9 Å². The van der Waals surface area contributed by atoms with Crippen molar-refractivity contribution < 1.29 is 18.9 Å². The number of rotatable bonds is 2. The number of hydrogen-bond acceptors (Lipinski definition) is 5. The molecule has 0 saturated heterocycles. The predicted molar refractivity (Wildman–Crippen MR) is 97.0 cm³/mol. The van der Waals surface area contributed by atoms with Gasteiger partial charge in [0.15, 0.2) is 17.4 Å². The third-order valence-corrected chi connectivity index (χ3v) is 5.35. The molecule has 2 aromatic rings. The fraction of sp³-hybridized carbons (Fsp3) is 0.286. The van der Waals surface area contributed by atoms with Crippen molar-refractivity contribution in [3.05, 3.63) is 58.7 Å². The Kier molecular flexibility index (Phi) is 3.42. The molecule has 1 N–H and O–H groups in total. The third-order valence-electron chi connectivity index (χ3n) is 5.35. The summed E-state index contributed by atoms with van der Waals surface area (Å²) in [6.07, 6.45) is 2.47. The van der Waals surface area contributed by atoms with Gasteiger partial charge in [0.1, 0.15) is 11.5 Å². The van der Waals surface area contributed by atoms with Gasteiger partial charge in [0.05, 0.1) is 7.11 Å². The second kappa shape index (κ2) is 5.80. The van der Waals surface area contributed by atoms with E-state index < -0.39 is 0 Å². The SMILES string of the molecule is COc1ccc2c(c1)C1=C(CC2)C(c2ccc3c(c2)OCO3)CC(=N)O1. The molecule has 0 saturated carbocycles. The van der Waals surface area contributed by atoms with Gasteiger partial charge < -0.3 is 18.9 Å². The lowest BCUT2D eigenvalue weighted by Gasteiger charge is -2.33. The Morgan fingerprint density at radius 2 is 1.92 bits per heavy atom. The number of fused-ring (bicyclic) bond motifs is 3. The van der Waals surface area contributed by atoms with Gasteiger partial charge in [-0.1, -0.05) is 12.1 Å². The molecule has 0 amide bonds. The minimum Gasteiger partial charge on any atom is -0.497 e. The molecular weight excluding hydrogens is 330 g/mol. The summed E-state index contributed by atoms with van der Waals surface area (Å²) in [5.74, 6) is 3.61. The van der Waals surface area contributed by atoms with Crippen molar-refractivity contribution in [2.45, 2.75) is 25.2 Å². The molecule has 0 radical (unpaired) electrons. The van der Waals surface area contributed by atoms with Crippen LogP contribution in [0.5, 0.6) is 17.2 Å². The highest BCUT2D eigenvalue weighted by Gasteiger charge is 2.34. The Morgan fingerprint density at radius 3 is 2.81 bits per heavy atom. The normalized spacial score (nSPS) is 20.3. The Bertz CT molecular complexity index is 947. The van der Waals surface area contributed by atoms with Crippen LogP contribution < -0.4 is 14.2 Å². The highest BCUT2D eigenvalue weighted by molar-refractivity contribution is 5.87. The standard InChI is InChI=1S/C21H19NO4/c1-23-14-5-2-12-3-6-15-16(10-20(22)26-21(15)17(12)9-14)13-4-7-18-19(8-13)25-11-24-18/h2,4-5,7-9,16,22H,3,6,10-11H2,1H3. The van der Waals surface area contributed by atoms with Gasteiger partial charge in [-0.2, -0.15) is 0 Å². The quantitative estimate of drug-likeness (QED) is 0.880. The van der Waals surface area contributed by atoms with Crippen LogP contribution in [0.1, 0.15) is 35.4 Å². The van der Waals surface area contributed by atoms with Crippen LogP contribution in [0.2, 0.25) is 0 Å². The zero-order valence-corrected chi connectivity index (χ0v) is 14.5. The summed E-state index contributed by atoms with van der Waals surface area (Å²) in [6, 6.07) is 12.2. The van der Waals surface area contributed by atoms with Crippen LogP contribution in [-0.4, -0.2) is 19.8 Å². The summed E-state index contributed by atoms with van der Waals surface area (Å²) in [5, 5.41) is 8.24. The van der Waals surface area contributed by atoms with E-state index in [1.165, 1.54) is 11.1 Å². The summed E-state index contributed by atoms with van der Waals surface area (Å²) >= 11 is 0. The van der Waals surface area contributed by atoms with E-state index in [-0.39, 0.29) is 12.7 Å². The van der Waals surface area contributed by atoms with Crippen LogP contribution in [0.15, 0.2) is 42.0 Å². The molecule has 1 aliphatic carbocycles. The Hall–Kier alpha value is -2.95. The first kappa shape index (κ1) is 15.3. The molecule has 0 bridgehead atoms. The molecular formula is C21H19NO4. The van der Waals surface area contributed by atoms with Gasteiger partial charge in [-0.25, -0.2) is 0 Å². The molecule has 26 heavy (non-hydrogen) atoms. The van der Waals surface area contributed by atoms with E-state index >= 15 is 0 Å². The molecule has 0 spiro atoms. The Labute approximate surface area is 151 Å².